The number of ether oxygens (including phenoxy) is 2. The highest BCUT2D eigenvalue weighted by molar-refractivity contribution is 6.42. The van der Waals surface area contributed by atoms with Crippen LogP contribution in [-0.4, -0.2) is 41.7 Å². The lowest BCUT2D eigenvalue weighted by atomic mass is 10.00. The van der Waals surface area contributed by atoms with Gasteiger partial charge in [0.05, 0.1) is 17.2 Å². The summed E-state index contributed by atoms with van der Waals surface area (Å²) in [6.45, 7) is 9.69. The quantitative estimate of drug-likeness (QED) is 0.634. The molecule has 27 heavy (non-hydrogen) atoms. The molecule has 1 aliphatic heterocycles. The van der Waals surface area contributed by atoms with Gasteiger partial charge in [-0.15, -0.1) is 0 Å². The maximum absolute atomic E-state index is 6.12. The summed E-state index contributed by atoms with van der Waals surface area (Å²) in [5.74, 6) is 1.58. The number of rotatable bonds is 6. The second kappa shape index (κ2) is 9.24. The Morgan fingerprint density at radius 1 is 1.15 bits per heavy atom. The number of benzene rings is 1. The molecule has 1 aromatic carbocycles. The third-order valence-electron chi connectivity index (χ3n) is 4.60. The van der Waals surface area contributed by atoms with Gasteiger partial charge in [-0.3, -0.25) is 4.90 Å². The second-order valence-corrected chi connectivity index (χ2v) is 8.23. The molecule has 1 aromatic heterocycles. The molecule has 0 amide bonds. The standard InChI is InChI=1S/C21H26Cl2N2O2/c1-14(11-25-12-15(2)26-16(3)13-25)10-17-4-6-18(7-5-17)27-21-20(23)19(22)8-9-24-21/h4-9,14-16H,10-13H2,1-3H3. The number of hydrogen-bond donors (Lipinski definition) is 0. The van der Waals surface area contributed by atoms with E-state index in [-0.39, 0.29) is 0 Å². The Bertz CT molecular complexity index is 744. The number of hydrogen-bond acceptors (Lipinski definition) is 4. The van der Waals surface area contributed by atoms with Crippen LogP contribution in [0.5, 0.6) is 11.6 Å². The smallest absolute Gasteiger partial charge is 0.239 e. The first-order chi connectivity index (χ1) is 12.9. The van der Waals surface area contributed by atoms with Crippen LogP contribution in [0.1, 0.15) is 26.3 Å². The Morgan fingerprint density at radius 2 is 1.81 bits per heavy atom. The van der Waals surface area contributed by atoms with E-state index >= 15 is 0 Å². The average Bonchev–Trinajstić information content (AvgIpc) is 2.59. The van der Waals surface area contributed by atoms with E-state index in [0.717, 1.165) is 26.1 Å². The number of aromatic nitrogens is 1. The molecule has 0 N–H and O–H groups in total. The normalized spacial score (nSPS) is 21.8. The monoisotopic (exact) mass is 408 g/mol. The molecule has 0 bridgehead atoms. The van der Waals surface area contributed by atoms with Crippen LogP contribution in [0.4, 0.5) is 0 Å². The summed E-state index contributed by atoms with van der Waals surface area (Å²) in [5, 5.41) is 0.754. The number of pyridine rings is 1. The first-order valence-corrected chi connectivity index (χ1v) is 10.1. The lowest BCUT2D eigenvalue weighted by molar-refractivity contribution is -0.0708. The first-order valence-electron chi connectivity index (χ1n) is 9.35. The van der Waals surface area contributed by atoms with E-state index in [1.165, 1.54) is 5.56 Å². The van der Waals surface area contributed by atoms with Crippen LogP contribution in [0.3, 0.4) is 0 Å². The summed E-state index contributed by atoms with van der Waals surface area (Å²) in [4.78, 5) is 6.64. The van der Waals surface area contributed by atoms with Crippen LogP contribution < -0.4 is 4.74 Å². The van der Waals surface area contributed by atoms with Gasteiger partial charge in [-0.1, -0.05) is 42.3 Å². The molecule has 2 heterocycles. The van der Waals surface area contributed by atoms with E-state index in [2.05, 4.69) is 42.8 Å². The van der Waals surface area contributed by atoms with Crippen molar-refractivity contribution in [3.63, 3.8) is 0 Å². The van der Waals surface area contributed by atoms with Crippen LogP contribution in [0, 0.1) is 5.92 Å². The predicted octanol–water partition coefficient (Wildman–Crippen LogP) is 5.47. The van der Waals surface area contributed by atoms with Crippen molar-refractivity contribution in [1.82, 2.24) is 9.88 Å². The van der Waals surface area contributed by atoms with Gasteiger partial charge in [0.2, 0.25) is 5.88 Å². The summed E-state index contributed by atoms with van der Waals surface area (Å²) in [6, 6.07) is 9.71. The molecular weight excluding hydrogens is 383 g/mol. The summed E-state index contributed by atoms with van der Waals surface area (Å²) in [6.07, 6.45) is 3.22. The SMILES string of the molecule is CC(Cc1ccc(Oc2nccc(Cl)c2Cl)cc1)CN1CC(C)OC(C)C1. The molecule has 6 heteroatoms. The summed E-state index contributed by atoms with van der Waals surface area (Å²) < 4.78 is 11.6. The van der Waals surface area contributed by atoms with Crippen molar-refractivity contribution in [3.8, 4) is 11.6 Å². The zero-order chi connectivity index (χ0) is 19.4. The largest absolute Gasteiger partial charge is 0.437 e. The lowest BCUT2D eigenvalue weighted by Gasteiger charge is -2.36. The third kappa shape index (κ3) is 5.82. The molecule has 3 atom stereocenters. The van der Waals surface area contributed by atoms with Crippen LogP contribution in [-0.2, 0) is 11.2 Å². The van der Waals surface area contributed by atoms with Gasteiger partial charge in [0.25, 0.3) is 0 Å². The van der Waals surface area contributed by atoms with Crippen molar-refractivity contribution < 1.29 is 9.47 Å². The highest BCUT2D eigenvalue weighted by Crippen LogP contribution is 2.32. The Balaban J connectivity index is 1.55. The molecule has 1 saturated heterocycles. The minimum absolute atomic E-state index is 0.310. The molecule has 1 aliphatic rings. The Labute approximate surface area is 171 Å². The van der Waals surface area contributed by atoms with Crippen molar-refractivity contribution >= 4 is 23.2 Å². The maximum atomic E-state index is 6.12. The topological polar surface area (TPSA) is 34.6 Å². The highest BCUT2D eigenvalue weighted by Gasteiger charge is 2.23. The van der Waals surface area contributed by atoms with Gasteiger partial charge in [-0.2, -0.15) is 0 Å². The van der Waals surface area contributed by atoms with Crippen molar-refractivity contribution in [3.05, 3.63) is 52.1 Å². The Kier molecular flexibility index (Phi) is 6.99. The van der Waals surface area contributed by atoms with Crippen molar-refractivity contribution in [2.75, 3.05) is 19.6 Å². The van der Waals surface area contributed by atoms with Crippen molar-refractivity contribution in [2.24, 2.45) is 5.92 Å². The van der Waals surface area contributed by atoms with Gasteiger partial charge < -0.3 is 9.47 Å². The fourth-order valence-corrected chi connectivity index (χ4v) is 3.91. The van der Waals surface area contributed by atoms with E-state index < -0.39 is 0 Å². The molecule has 4 nitrogen and oxygen atoms in total. The first kappa shape index (κ1) is 20.4. The molecule has 1 fully saturated rings. The zero-order valence-electron chi connectivity index (χ0n) is 16.0. The fourth-order valence-electron chi connectivity index (χ4n) is 3.62. The minimum Gasteiger partial charge on any atom is -0.437 e. The van der Waals surface area contributed by atoms with Crippen molar-refractivity contribution in [2.45, 2.75) is 39.4 Å². The molecule has 146 valence electrons. The third-order valence-corrected chi connectivity index (χ3v) is 5.37. The van der Waals surface area contributed by atoms with Crippen molar-refractivity contribution in [1.29, 1.82) is 0 Å². The molecule has 0 spiro atoms. The molecule has 2 aromatic rings. The van der Waals surface area contributed by atoms with Gasteiger partial charge >= 0.3 is 0 Å². The lowest BCUT2D eigenvalue weighted by Crippen LogP contribution is -2.47. The highest BCUT2D eigenvalue weighted by atomic mass is 35.5. The summed E-state index contributed by atoms with van der Waals surface area (Å²) in [7, 11) is 0. The van der Waals surface area contributed by atoms with Crippen LogP contribution >= 0.6 is 23.2 Å². The second-order valence-electron chi connectivity index (χ2n) is 7.44. The van der Waals surface area contributed by atoms with Crippen LogP contribution in [0.25, 0.3) is 0 Å². The van der Waals surface area contributed by atoms with Crippen LogP contribution in [0.2, 0.25) is 10.0 Å². The molecule has 0 radical (unpaired) electrons. The van der Waals surface area contributed by atoms with Gasteiger partial charge in [0, 0.05) is 25.8 Å². The van der Waals surface area contributed by atoms with E-state index in [1.54, 1.807) is 12.3 Å². The van der Waals surface area contributed by atoms with Crippen LogP contribution in [0.15, 0.2) is 36.5 Å². The average molecular weight is 409 g/mol. The van der Waals surface area contributed by atoms with E-state index in [1.807, 2.05) is 12.1 Å². The van der Waals surface area contributed by atoms with Gasteiger partial charge in [0.15, 0.2) is 0 Å². The number of halogens is 2. The van der Waals surface area contributed by atoms with E-state index in [9.17, 15) is 0 Å². The zero-order valence-corrected chi connectivity index (χ0v) is 17.5. The Hall–Kier alpha value is -1.33. The summed E-state index contributed by atoms with van der Waals surface area (Å²) in [5.41, 5.74) is 1.29. The molecule has 3 rings (SSSR count). The Morgan fingerprint density at radius 3 is 2.48 bits per heavy atom. The molecule has 0 aliphatic carbocycles. The predicted molar refractivity (Wildman–Crippen MR) is 110 cm³/mol. The molecule has 0 saturated carbocycles. The minimum atomic E-state index is 0.310. The van der Waals surface area contributed by atoms with Gasteiger partial charge in [0.1, 0.15) is 10.8 Å². The number of morpholine rings is 1. The summed E-state index contributed by atoms with van der Waals surface area (Å²) >= 11 is 12.1. The number of nitrogens with zero attached hydrogens (tertiary/aromatic N) is 2. The molecule has 3 unspecified atom stereocenters. The van der Waals surface area contributed by atoms with E-state index in [4.69, 9.17) is 32.7 Å². The maximum Gasteiger partial charge on any atom is 0.239 e. The van der Waals surface area contributed by atoms with Gasteiger partial charge in [-0.05, 0) is 49.9 Å². The fraction of sp³-hybridized carbons (Fsp3) is 0.476. The van der Waals surface area contributed by atoms with E-state index in [0.29, 0.717) is 39.8 Å². The molecular formula is C21H26Cl2N2O2. The van der Waals surface area contributed by atoms with Gasteiger partial charge in [-0.25, -0.2) is 4.98 Å².